The molecule has 0 nitrogen and oxygen atoms in total. The minimum Gasteiger partial charge on any atom is -0.0651 e. The van der Waals surface area contributed by atoms with Gasteiger partial charge < -0.3 is 0 Å². The van der Waals surface area contributed by atoms with E-state index in [0.29, 0.717) is 0 Å². The van der Waals surface area contributed by atoms with E-state index in [-0.39, 0.29) is 0 Å². The number of hydrogen-bond donors (Lipinski definition) is 0. The Bertz CT molecular complexity index is 288. The van der Waals surface area contributed by atoms with Crippen molar-refractivity contribution in [3.63, 3.8) is 0 Å². The fraction of sp³-hybridized carbons (Fsp3) is 0.600. The predicted octanol–water partition coefficient (Wildman–Crippen LogP) is 4.47. The first-order chi connectivity index (χ1) is 7.19. The highest BCUT2D eigenvalue weighted by Gasteiger charge is 2.12. The molecule has 1 unspecified atom stereocenters. The monoisotopic (exact) mass is 204 g/mol. The van der Waals surface area contributed by atoms with Crippen molar-refractivity contribution in [3.05, 3.63) is 35.4 Å². The van der Waals surface area contributed by atoms with Crippen LogP contribution in [0, 0.1) is 11.8 Å². The first-order valence-electron chi connectivity index (χ1n) is 6.25. The summed E-state index contributed by atoms with van der Waals surface area (Å²) < 4.78 is 0. The molecular weight excluding hydrogens is 180 g/mol. The van der Waals surface area contributed by atoms with Crippen molar-refractivity contribution in [1.82, 2.24) is 0 Å². The molecule has 0 amide bonds. The third-order valence-electron chi connectivity index (χ3n) is 3.66. The van der Waals surface area contributed by atoms with Crippen LogP contribution < -0.4 is 0 Å². The Kier molecular flexibility index (Phi) is 4.87. The molecule has 0 bridgehead atoms. The normalized spacial score (nSPS) is 14.9. The maximum Gasteiger partial charge on any atom is -0.0248 e. The number of hydrogen-bond acceptors (Lipinski definition) is 0. The van der Waals surface area contributed by atoms with E-state index < -0.39 is 0 Å². The molecule has 0 aromatic heterocycles. The topological polar surface area (TPSA) is 0 Å². The second-order valence-electron chi connectivity index (χ2n) is 4.69. The van der Waals surface area contributed by atoms with Gasteiger partial charge in [-0.25, -0.2) is 0 Å². The average molecular weight is 204 g/mol. The largest absolute Gasteiger partial charge is 0.0651 e. The van der Waals surface area contributed by atoms with Crippen molar-refractivity contribution in [2.75, 3.05) is 0 Å². The summed E-state index contributed by atoms with van der Waals surface area (Å²) >= 11 is 0. The molecule has 0 saturated heterocycles. The van der Waals surface area contributed by atoms with E-state index in [9.17, 15) is 0 Å². The molecule has 0 saturated carbocycles. The minimum absolute atomic E-state index is 0.794. The van der Waals surface area contributed by atoms with Crippen LogP contribution in [0.25, 0.3) is 0 Å². The zero-order valence-electron chi connectivity index (χ0n) is 10.6. The first kappa shape index (κ1) is 12.3. The van der Waals surface area contributed by atoms with Crippen LogP contribution in [0.15, 0.2) is 24.3 Å². The molecule has 0 N–H and O–H groups in total. The minimum atomic E-state index is 0.794. The summed E-state index contributed by atoms with van der Waals surface area (Å²) in [5.74, 6) is 1.62. The summed E-state index contributed by atoms with van der Waals surface area (Å²) in [6.07, 6.45) is 3.68. The van der Waals surface area contributed by atoms with Crippen LogP contribution in [-0.2, 0) is 12.8 Å². The van der Waals surface area contributed by atoms with E-state index in [0.717, 1.165) is 18.3 Å². The maximum atomic E-state index is 2.38. The molecule has 0 radical (unpaired) electrons. The van der Waals surface area contributed by atoms with E-state index in [1.807, 2.05) is 0 Å². The fourth-order valence-electron chi connectivity index (χ4n) is 2.05. The van der Waals surface area contributed by atoms with Gasteiger partial charge in [0.1, 0.15) is 0 Å². The molecular formula is C15H24. The number of benzene rings is 1. The fourth-order valence-corrected chi connectivity index (χ4v) is 2.05. The highest BCUT2D eigenvalue weighted by atomic mass is 14.2. The summed E-state index contributed by atoms with van der Waals surface area (Å²) in [5, 5.41) is 0. The Labute approximate surface area is 94.7 Å². The van der Waals surface area contributed by atoms with Gasteiger partial charge in [-0.15, -0.1) is 0 Å². The molecule has 2 atom stereocenters. The smallest absolute Gasteiger partial charge is 0.0248 e. The van der Waals surface area contributed by atoms with Crippen LogP contribution in [0.4, 0.5) is 0 Å². The lowest BCUT2D eigenvalue weighted by atomic mass is 9.86. The highest BCUT2D eigenvalue weighted by molar-refractivity contribution is 5.27. The third kappa shape index (κ3) is 3.37. The van der Waals surface area contributed by atoms with Crippen molar-refractivity contribution in [1.29, 1.82) is 0 Å². The van der Waals surface area contributed by atoms with Gasteiger partial charge in [0.2, 0.25) is 0 Å². The van der Waals surface area contributed by atoms with Gasteiger partial charge in [0.05, 0.1) is 0 Å². The van der Waals surface area contributed by atoms with Crippen molar-refractivity contribution in [2.24, 2.45) is 11.8 Å². The van der Waals surface area contributed by atoms with Crippen LogP contribution in [0.3, 0.4) is 0 Å². The first-order valence-corrected chi connectivity index (χ1v) is 6.25. The molecule has 0 spiro atoms. The highest BCUT2D eigenvalue weighted by Crippen LogP contribution is 2.21. The molecule has 0 aliphatic rings. The van der Waals surface area contributed by atoms with Gasteiger partial charge in [0.15, 0.2) is 0 Å². The lowest BCUT2D eigenvalue weighted by Gasteiger charge is -2.19. The molecule has 0 aliphatic carbocycles. The van der Waals surface area contributed by atoms with Gasteiger partial charge in [-0.3, -0.25) is 0 Å². The molecule has 1 aromatic rings. The van der Waals surface area contributed by atoms with E-state index in [2.05, 4.69) is 52.0 Å². The van der Waals surface area contributed by atoms with E-state index in [1.165, 1.54) is 18.4 Å². The molecule has 15 heavy (non-hydrogen) atoms. The van der Waals surface area contributed by atoms with E-state index in [4.69, 9.17) is 0 Å². The van der Waals surface area contributed by atoms with Crippen molar-refractivity contribution < 1.29 is 0 Å². The van der Waals surface area contributed by atoms with Gasteiger partial charge in [0.25, 0.3) is 0 Å². The molecule has 0 aliphatic heterocycles. The van der Waals surface area contributed by atoms with Crippen molar-refractivity contribution in [3.8, 4) is 0 Å². The van der Waals surface area contributed by atoms with E-state index in [1.54, 1.807) is 5.56 Å². The predicted molar refractivity (Wildman–Crippen MR) is 68.1 cm³/mol. The van der Waals surface area contributed by atoms with Crippen LogP contribution >= 0.6 is 0 Å². The Morgan fingerprint density at radius 1 is 0.933 bits per heavy atom. The number of rotatable bonds is 5. The lowest BCUT2D eigenvalue weighted by Crippen LogP contribution is -2.11. The molecule has 0 heteroatoms. The maximum absolute atomic E-state index is 2.38. The SMILES string of the molecule is CCc1ccccc1C[C@@H](C)C(C)CC. The standard InChI is InChI=1S/C15H24/c1-5-12(3)13(4)11-15-10-8-7-9-14(15)6-2/h7-10,12-13H,5-6,11H2,1-4H3/t12?,13-/m1/s1. The molecule has 1 aromatic carbocycles. The lowest BCUT2D eigenvalue weighted by molar-refractivity contribution is 0.374. The Balaban J connectivity index is 2.71. The summed E-state index contributed by atoms with van der Waals surface area (Å²) in [5.41, 5.74) is 3.07. The Morgan fingerprint density at radius 3 is 2.07 bits per heavy atom. The molecule has 0 heterocycles. The summed E-state index contributed by atoms with van der Waals surface area (Å²) in [4.78, 5) is 0. The second-order valence-corrected chi connectivity index (χ2v) is 4.69. The second kappa shape index (κ2) is 5.95. The average Bonchev–Trinajstić information content (AvgIpc) is 2.28. The van der Waals surface area contributed by atoms with Crippen LogP contribution in [0.1, 0.15) is 45.2 Å². The van der Waals surface area contributed by atoms with Crippen LogP contribution in [0.5, 0.6) is 0 Å². The Morgan fingerprint density at radius 2 is 1.53 bits per heavy atom. The molecule has 1 rings (SSSR count). The zero-order chi connectivity index (χ0) is 11.3. The third-order valence-corrected chi connectivity index (χ3v) is 3.66. The zero-order valence-corrected chi connectivity index (χ0v) is 10.6. The van der Waals surface area contributed by atoms with Crippen LogP contribution in [-0.4, -0.2) is 0 Å². The van der Waals surface area contributed by atoms with Gasteiger partial charge in [-0.1, -0.05) is 58.4 Å². The number of aryl methyl sites for hydroxylation is 1. The van der Waals surface area contributed by atoms with Crippen LogP contribution in [0.2, 0.25) is 0 Å². The van der Waals surface area contributed by atoms with Gasteiger partial charge in [-0.05, 0) is 35.8 Å². The Hall–Kier alpha value is -0.780. The van der Waals surface area contributed by atoms with Crippen molar-refractivity contribution in [2.45, 2.75) is 47.0 Å². The molecule has 84 valence electrons. The van der Waals surface area contributed by atoms with E-state index >= 15 is 0 Å². The van der Waals surface area contributed by atoms with Crippen molar-refractivity contribution >= 4 is 0 Å². The summed E-state index contributed by atoms with van der Waals surface area (Å²) in [7, 11) is 0. The summed E-state index contributed by atoms with van der Waals surface area (Å²) in [6.45, 7) is 9.26. The van der Waals surface area contributed by atoms with Gasteiger partial charge in [0, 0.05) is 0 Å². The van der Waals surface area contributed by atoms with Gasteiger partial charge in [-0.2, -0.15) is 0 Å². The quantitative estimate of drug-likeness (QED) is 0.663. The summed E-state index contributed by atoms with van der Waals surface area (Å²) in [6, 6.07) is 8.87. The molecule has 0 fully saturated rings. The van der Waals surface area contributed by atoms with Gasteiger partial charge >= 0.3 is 0 Å².